The minimum Gasteiger partial charge on any atom is -0.370 e. The molecule has 2 heterocycles. The lowest BCUT2D eigenvalue weighted by Crippen LogP contribution is -2.42. The van der Waals surface area contributed by atoms with E-state index in [-0.39, 0.29) is 24.0 Å². The average Bonchev–Trinajstić information content (AvgIpc) is 3.05. The van der Waals surface area contributed by atoms with Gasteiger partial charge in [0.05, 0.1) is 6.54 Å². The fraction of sp³-hybridized carbons (Fsp3) is 0.400. The summed E-state index contributed by atoms with van der Waals surface area (Å²) in [5, 5.41) is 4.66. The highest BCUT2D eigenvalue weighted by Gasteiger charge is 2.12. The normalized spacial score (nSPS) is 15.2. The molecule has 0 atom stereocenters. The first-order valence-corrected chi connectivity index (χ1v) is 8.97. The van der Waals surface area contributed by atoms with Crippen LogP contribution in [0, 0.1) is 0 Å². The monoisotopic (exact) mass is 479 g/mol. The molecule has 0 unspecified atom stereocenters. The van der Waals surface area contributed by atoms with Crippen molar-refractivity contribution in [2.75, 3.05) is 31.1 Å². The Morgan fingerprint density at radius 3 is 2.71 bits per heavy atom. The highest BCUT2D eigenvalue weighted by molar-refractivity contribution is 14.0. The number of thioether (sulfide) groups is 1. The molecule has 1 saturated heterocycles. The molecule has 1 aliphatic heterocycles. The van der Waals surface area contributed by atoms with Crippen molar-refractivity contribution in [1.29, 1.82) is 0 Å². The SMILES string of the molecule is I.NC(=NCCc1nc(-c2ccc(Cl)cc2)no1)N1CCSCC1. The maximum absolute atomic E-state index is 6.01. The molecule has 0 saturated carbocycles. The van der Waals surface area contributed by atoms with Crippen molar-refractivity contribution in [1.82, 2.24) is 15.0 Å². The number of rotatable bonds is 4. The van der Waals surface area contributed by atoms with Crippen molar-refractivity contribution in [3.63, 3.8) is 0 Å². The van der Waals surface area contributed by atoms with Gasteiger partial charge < -0.3 is 15.2 Å². The largest absolute Gasteiger partial charge is 0.370 e. The highest BCUT2D eigenvalue weighted by atomic mass is 127. The van der Waals surface area contributed by atoms with E-state index >= 15 is 0 Å². The summed E-state index contributed by atoms with van der Waals surface area (Å²) in [6, 6.07) is 7.33. The first-order chi connectivity index (χ1) is 11.2. The number of nitrogens with two attached hydrogens (primary N) is 1. The second kappa shape index (κ2) is 9.47. The van der Waals surface area contributed by atoms with E-state index in [2.05, 4.69) is 20.0 Å². The molecule has 24 heavy (non-hydrogen) atoms. The van der Waals surface area contributed by atoms with Crippen LogP contribution in [-0.4, -0.2) is 52.1 Å². The molecule has 3 rings (SSSR count). The van der Waals surface area contributed by atoms with E-state index in [9.17, 15) is 0 Å². The zero-order valence-electron chi connectivity index (χ0n) is 13.0. The number of guanidine groups is 1. The number of benzene rings is 1. The van der Waals surface area contributed by atoms with Crippen LogP contribution in [0.4, 0.5) is 0 Å². The molecule has 1 fully saturated rings. The van der Waals surface area contributed by atoms with Gasteiger partial charge in [-0.15, -0.1) is 24.0 Å². The Morgan fingerprint density at radius 1 is 1.29 bits per heavy atom. The molecular formula is C15H19ClIN5OS. The van der Waals surface area contributed by atoms with Gasteiger partial charge in [0.1, 0.15) is 0 Å². The summed E-state index contributed by atoms with van der Waals surface area (Å²) >= 11 is 7.81. The Bertz CT molecular complexity index is 673. The molecule has 0 spiro atoms. The van der Waals surface area contributed by atoms with Crippen LogP contribution in [-0.2, 0) is 6.42 Å². The van der Waals surface area contributed by atoms with E-state index < -0.39 is 0 Å². The van der Waals surface area contributed by atoms with Gasteiger partial charge in [-0.2, -0.15) is 16.7 Å². The molecule has 0 aliphatic carbocycles. The summed E-state index contributed by atoms with van der Waals surface area (Å²) in [6.45, 7) is 2.46. The first kappa shape index (κ1) is 19.3. The number of hydrogen-bond donors (Lipinski definition) is 1. The molecule has 1 aromatic carbocycles. The molecule has 9 heteroatoms. The summed E-state index contributed by atoms with van der Waals surface area (Å²) in [5.41, 5.74) is 6.88. The molecule has 1 aliphatic rings. The van der Waals surface area contributed by atoms with Crippen molar-refractivity contribution >= 4 is 53.3 Å². The van der Waals surface area contributed by atoms with E-state index in [4.69, 9.17) is 21.9 Å². The Labute approximate surface area is 167 Å². The van der Waals surface area contributed by atoms with Crippen LogP contribution in [0.1, 0.15) is 5.89 Å². The minimum absolute atomic E-state index is 0. The van der Waals surface area contributed by atoms with Crippen LogP contribution in [0.15, 0.2) is 33.8 Å². The standard InChI is InChI=1S/C15H18ClN5OS.HI/c16-12-3-1-11(2-4-12)14-19-13(22-20-14)5-6-18-15(17)21-7-9-23-10-8-21;/h1-4H,5-10H2,(H2,17,18);1H. The van der Waals surface area contributed by atoms with Crippen LogP contribution in [0.3, 0.4) is 0 Å². The van der Waals surface area contributed by atoms with E-state index in [1.165, 1.54) is 0 Å². The molecule has 0 radical (unpaired) electrons. The second-order valence-electron chi connectivity index (χ2n) is 5.11. The molecule has 0 bridgehead atoms. The van der Waals surface area contributed by atoms with Crippen LogP contribution in [0.5, 0.6) is 0 Å². The summed E-state index contributed by atoms with van der Waals surface area (Å²) < 4.78 is 5.26. The van der Waals surface area contributed by atoms with Gasteiger partial charge in [-0.05, 0) is 24.3 Å². The number of halogens is 2. The average molecular weight is 480 g/mol. The van der Waals surface area contributed by atoms with Crippen LogP contribution in [0.2, 0.25) is 5.02 Å². The van der Waals surface area contributed by atoms with E-state index in [1.54, 1.807) is 12.1 Å². The number of aromatic nitrogens is 2. The van der Waals surface area contributed by atoms with Gasteiger partial charge in [-0.3, -0.25) is 4.99 Å². The van der Waals surface area contributed by atoms with Gasteiger partial charge in [0, 0.05) is 41.6 Å². The Hall–Kier alpha value is -1.00. The quantitative estimate of drug-likeness (QED) is 0.413. The first-order valence-electron chi connectivity index (χ1n) is 7.43. The van der Waals surface area contributed by atoms with Crippen molar-refractivity contribution in [2.45, 2.75) is 6.42 Å². The third-order valence-electron chi connectivity index (χ3n) is 3.51. The van der Waals surface area contributed by atoms with E-state index in [0.717, 1.165) is 30.2 Å². The number of aliphatic imine (C=N–C) groups is 1. The molecule has 2 aromatic rings. The van der Waals surface area contributed by atoms with Crippen molar-refractivity contribution < 1.29 is 4.52 Å². The molecule has 0 amide bonds. The summed E-state index contributed by atoms with van der Waals surface area (Å²) in [5.74, 6) is 3.92. The predicted molar refractivity (Wildman–Crippen MR) is 109 cm³/mol. The summed E-state index contributed by atoms with van der Waals surface area (Å²) in [4.78, 5) is 10.9. The molecule has 130 valence electrons. The molecule has 6 nitrogen and oxygen atoms in total. The van der Waals surface area contributed by atoms with Crippen LogP contribution in [0.25, 0.3) is 11.4 Å². The van der Waals surface area contributed by atoms with Gasteiger partial charge in [-0.1, -0.05) is 16.8 Å². The zero-order valence-corrected chi connectivity index (χ0v) is 16.9. The Kier molecular flexibility index (Phi) is 7.63. The molecule has 2 N–H and O–H groups in total. The molecule has 1 aromatic heterocycles. The minimum atomic E-state index is 0. The third-order valence-corrected chi connectivity index (χ3v) is 4.70. The summed E-state index contributed by atoms with van der Waals surface area (Å²) in [7, 11) is 0. The fourth-order valence-corrected chi connectivity index (χ4v) is 3.26. The zero-order chi connectivity index (χ0) is 16.1. The van der Waals surface area contributed by atoms with Gasteiger partial charge in [0.15, 0.2) is 5.96 Å². The Morgan fingerprint density at radius 2 is 2.00 bits per heavy atom. The van der Waals surface area contributed by atoms with Gasteiger partial charge in [0.2, 0.25) is 11.7 Å². The van der Waals surface area contributed by atoms with E-state index in [0.29, 0.717) is 35.7 Å². The maximum Gasteiger partial charge on any atom is 0.228 e. The van der Waals surface area contributed by atoms with Crippen molar-refractivity contribution in [2.24, 2.45) is 10.7 Å². The topological polar surface area (TPSA) is 80.5 Å². The van der Waals surface area contributed by atoms with Crippen LogP contribution >= 0.6 is 47.3 Å². The Balaban J connectivity index is 0.00000208. The lowest BCUT2D eigenvalue weighted by molar-refractivity contribution is 0.380. The van der Waals surface area contributed by atoms with Gasteiger partial charge in [-0.25, -0.2) is 0 Å². The van der Waals surface area contributed by atoms with Crippen molar-refractivity contribution in [3.8, 4) is 11.4 Å². The molecular weight excluding hydrogens is 461 g/mol. The number of nitrogens with zero attached hydrogens (tertiary/aromatic N) is 4. The van der Waals surface area contributed by atoms with Gasteiger partial charge >= 0.3 is 0 Å². The third kappa shape index (κ3) is 5.25. The highest BCUT2D eigenvalue weighted by Crippen LogP contribution is 2.18. The second-order valence-corrected chi connectivity index (χ2v) is 6.77. The summed E-state index contributed by atoms with van der Waals surface area (Å²) in [6.07, 6.45) is 0.573. The van der Waals surface area contributed by atoms with Crippen LogP contribution < -0.4 is 5.73 Å². The lowest BCUT2D eigenvalue weighted by atomic mass is 10.2. The smallest absolute Gasteiger partial charge is 0.228 e. The maximum atomic E-state index is 6.01. The lowest BCUT2D eigenvalue weighted by Gasteiger charge is -2.27. The van der Waals surface area contributed by atoms with E-state index in [1.807, 2.05) is 23.9 Å². The number of hydrogen-bond acceptors (Lipinski definition) is 5. The van der Waals surface area contributed by atoms with Gasteiger partial charge in [0.25, 0.3) is 0 Å². The van der Waals surface area contributed by atoms with Crippen molar-refractivity contribution in [3.05, 3.63) is 35.2 Å². The fourth-order valence-electron chi connectivity index (χ4n) is 2.23. The predicted octanol–water partition coefficient (Wildman–Crippen LogP) is 2.91.